The molecular weight excluding hydrogens is 246 g/mol. The van der Waals surface area contributed by atoms with E-state index in [-0.39, 0.29) is 0 Å². The van der Waals surface area contributed by atoms with E-state index in [2.05, 4.69) is 5.32 Å². The highest BCUT2D eigenvalue weighted by atomic mass is 16.5. The van der Waals surface area contributed by atoms with Gasteiger partial charge in [0.1, 0.15) is 11.8 Å². The lowest BCUT2D eigenvalue weighted by atomic mass is 10.1. The zero-order valence-corrected chi connectivity index (χ0v) is 11.6. The van der Waals surface area contributed by atoms with E-state index >= 15 is 0 Å². The Kier molecular flexibility index (Phi) is 4.92. The average molecular weight is 265 g/mol. The standard InChI is InChI=1S/C14H19NO4/c1-8-5-6-9(2)12(7-8)19-11(4)13(16)15-10(3)14(17)18/h5-7,10-11H,1-4H3,(H,15,16)(H,17,18)/t10-,11-/m1/s1. The molecule has 5 nitrogen and oxygen atoms in total. The van der Waals surface area contributed by atoms with Crippen LogP contribution in [-0.2, 0) is 9.59 Å². The van der Waals surface area contributed by atoms with Gasteiger partial charge in [0.05, 0.1) is 0 Å². The van der Waals surface area contributed by atoms with Gasteiger partial charge >= 0.3 is 5.97 Å². The first-order valence-corrected chi connectivity index (χ1v) is 6.08. The van der Waals surface area contributed by atoms with E-state index < -0.39 is 24.0 Å². The lowest BCUT2D eigenvalue weighted by Crippen LogP contribution is -2.44. The fraction of sp³-hybridized carbons (Fsp3) is 0.429. The molecule has 1 aromatic carbocycles. The Hall–Kier alpha value is -2.04. The maximum Gasteiger partial charge on any atom is 0.325 e. The van der Waals surface area contributed by atoms with E-state index in [1.165, 1.54) is 6.92 Å². The van der Waals surface area contributed by atoms with Crippen LogP contribution in [0.3, 0.4) is 0 Å². The summed E-state index contributed by atoms with van der Waals surface area (Å²) < 4.78 is 5.56. The molecule has 1 rings (SSSR count). The van der Waals surface area contributed by atoms with Crippen molar-refractivity contribution < 1.29 is 19.4 Å². The lowest BCUT2D eigenvalue weighted by Gasteiger charge is -2.18. The molecular formula is C14H19NO4. The molecule has 0 unspecified atom stereocenters. The second kappa shape index (κ2) is 6.22. The summed E-state index contributed by atoms with van der Waals surface area (Å²) in [5, 5.41) is 11.1. The van der Waals surface area contributed by atoms with Crippen molar-refractivity contribution in [2.24, 2.45) is 0 Å². The smallest absolute Gasteiger partial charge is 0.325 e. The summed E-state index contributed by atoms with van der Waals surface area (Å²) in [6.45, 7) is 6.82. The zero-order chi connectivity index (χ0) is 14.6. The summed E-state index contributed by atoms with van der Waals surface area (Å²) in [6, 6.07) is 4.78. The fourth-order valence-corrected chi connectivity index (χ4v) is 1.47. The predicted molar refractivity (Wildman–Crippen MR) is 71.2 cm³/mol. The summed E-state index contributed by atoms with van der Waals surface area (Å²) in [4.78, 5) is 22.4. The maximum atomic E-state index is 11.8. The zero-order valence-electron chi connectivity index (χ0n) is 11.6. The number of nitrogens with one attached hydrogen (secondary N) is 1. The van der Waals surface area contributed by atoms with E-state index in [0.717, 1.165) is 11.1 Å². The van der Waals surface area contributed by atoms with Crippen molar-refractivity contribution in [3.63, 3.8) is 0 Å². The summed E-state index contributed by atoms with van der Waals surface area (Å²) in [5.41, 5.74) is 1.96. The number of benzene rings is 1. The first-order valence-electron chi connectivity index (χ1n) is 6.08. The number of aryl methyl sites for hydroxylation is 2. The van der Waals surface area contributed by atoms with Gasteiger partial charge in [0.25, 0.3) is 5.91 Å². The number of ether oxygens (including phenoxy) is 1. The maximum absolute atomic E-state index is 11.8. The first-order chi connectivity index (χ1) is 8.81. The third-order valence-corrected chi connectivity index (χ3v) is 2.75. The molecule has 0 saturated heterocycles. The molecule has 0 bridgehead atoms. The van der Waals surface area contributed by atoms with Crippen molar-refractivity contribution in [2.75, 3.05) is 0 Å². The molecule has 0 aromatic heterocycles. The van der Waals surface area contributed by atoms with Crippen LogP contribution in [-0.4, -0.2) is 29.1 Å². The van der Waals surface area contributed by atoms with E-state index in [4.69, 9.17) is 9.84 Å². The van der Waals surface area contributed by atoms with E-state index in [1.807, 2.05) is 32.0 Å². The first kappa shape index (κ1) is 15.0. The Morgan fingerprint density at radius 3 is 2.47 bits per heavy atom. The van der Waals surface area contributed by atoms with Crippen molar-refractivity contribution in [3.8, 4) is 5.75 Å². The fourth-order valence-electron chi connectivity index (χ4n) is 1.47. The van der Waals surface area contributed by atoms with Crippen LogP contribution in [0.5, 0.6) is 5.75 Å². The van der Waals surface area contributed by atoms with Crippen molar-refractivity contribution in [2.45, 2.75) is 39.8 Å². The molecule has 0 radical (unpaired) electrons. The Bertz CT molecular complexity index is 484. The Morgan fingerprint density at radius 2 is 1.89 bits per heavy atom. The van der Waals surface area contributed by atoms with Crippen LogP contribution in [0, 0.1) is 13.8 Å². The molecule has 19 heavy (non-hydrogen) atoms. The quantitative estimate of drug-likeness (QED) is 0.849. The SMILES string of the molecule is Cc1ccc(C)c(O[C@H](C)C(=O)N[C@H](C)C(=O)O)c1. The number of hydrogen-bond acceptors (Lipinski definition) is 3. The number of carbonyl (C=O) groups is 2. The van der Waals surface area contributed by atoms with Crippen molar-refractivity contribution in [1.82, 2.24) is 5.32 Å². The molecule has 0 aliphatic rings. The van der Waals surface area contributed by atoms with Gasteiger partial charge in [0, 0.05) is 0 Å². The molecule has 0 heterocycles. The number of aliphatic carboxylic acids is 1. The molecule has 0 spiro atoms. The molecule has 0 saturated carbocycles. The molecule has 0 fully saturated rings. The van der Waals surface area contributed by atoms with Crippen LogP contribution in [0.25, 0.3) is 0 Å². The normalized spacial score (nSPS) is 13.5. The number of hydrogen-bond donors (Lipinski definition) is 2. The van der Waals surface area contributed by atoms with E-state index in [9.17, 15) is 9.59 Å². The summed E-state index contributed by atoms with van der Waals surface area (Å²) >= 11 is 0. The van der Waals surface area contributed by atoms with Crippen LogP contribution in [0.1, 0.15) is 25.0 Å². The summed E-state index contributed by atoms with van der Waals surface area (Å²) in [6.07, 6.45) is -0.748. The van der Waals surface area contributed by atoms with Crippen molar-refractivity contribution >= 4 is 11.9 Å². The molecule has 5 heteroatoms. The number of carbonyl (C=O) groups excluding carboxylic acids is 1. The molecule has 0 aliphatic carbocycles. The molecule has 0 aliphatic heterocycles. The van der Waals surface area contributed by atoms with Gasteiger partial charge in [-0.2, -0.15) is 0 Å². The third kappa shape index (κ3) is 4.28. The minimum absolute atomic E-state index is 0.448. The Balaban J connectivity index is 2.68. The second-order valence-corrected chi connectivity index (χ2v) is 4.60. The average Bonchev–Trinajstić information content (AvgIpc) is 2.33. The second-order valence-electron chi connectivity index (χ2n) is 4.60. The van der Waals surface area contributed by atoms with Gasteiger partial charge in [-0.15, -0.1) is 0 Å². The van der Waals surface area contributed by atoms with Gasteiger partial charge in [-0.3, -0.25) is 9.59 Å². The van der Waals surface area contributed by atoms with E-state index in [1.54, 1.807) is 6.92 Å². The summed E-state index contributed by atoms with van der Waals surface area (Å²) in [5.74, 6) is -0.895. The highest BCUT2D eigenvalue weighted by Crippen LogP contribution is 2.20. The molecule has 1 aromatic rings. The monoisotopic (exact) mass is 265 g/mol. The van der Waals surface area contributed by atoms with Crippen molar-refractivity contribution in [3.05, 3.63) is 29.3 Å². The van der Waals surface area contributed by atoms with Gasteiger partial charge in [-0.05, 0) is 44.9 Å². The van der Waals surface area contributed by atoms with Gasteiger partial charge in [0.15, 0.2) is 6.10 Å². The van der Waals surface area contributed by atoms with Crippen LogP contribution >= 0.6 is 0 Å². The Labute approximate surface area is 112 Å². The summed E-state index contributed by atoms with van der Waals surface area (Å²) in [7, 11) is 0. The molecule has 2 atom stereocenters. The van der Waals surface area contributed by atoms with Gasteiger partial charge in [0.2, 0.25) is 0 Å². The Morgan fingerprint density at radius 1 is 1.26 bits per heavy atom. The lowest BCUT2D eigenvalue weighted by molar-refractivity contribution is -0.142. The van der Waals surface area contributed by atoms with Gasteiger partial charge < -0.3 is 15.2 Å². The molecule has 2 N–H and O–H groups in total. The minimum atomic E-state index is -1.08. The van der Waals surface area contributed by atoms with Crippen molar-refractivity contribution in [1.29, 1.82) is 0 Å². The predicted octanol–water partition coefficient (Wildman–Crippen LogP) is 1.66. The minimum Gasteiger partial charge on any atom is -0.481 e. The number of amides is 1. The van der Waals surface area contributed by atoms with E-state index in [0.29, 0.717) is 5.75 Å². The molecule has 1 amide bonds. The molecule has 104 valence electrons. The number of carboxylic acid groups (broad SMARTS) is 1. The van der Waals surface area contributed by atoms with Gasteiger partial charge in [-0.1, -0.05) is 12.1 Å². The van der Waals surface area contributed by atoms with Crippen LogP contribution < -0.4 is 10.1 Å². The largest absolute Gasteiger partial charge is 0.481 e. The van der Waals surface area contributed by atoms with Gasteiger partial charge in [-0.25, -0.2) is 0 Å². The third-order valence-electron chi connectivity index (χ3n) is 2.75. The van der Waals surface area contributed by atoms with Crippen LogP contribution in [0.4, 0.5) is 0 Å². The number of carboxylic acids is 1. The highest BCUT2D eigenvalue weighted by Gasteiger charge is 2.20. The van der Waals surface area contributed by atoms with Crippen LogP contribution in [0.15, 0.2) is 18.2 Å². The highest BCUT2D eigenvalue weighted by molar-refractivity contribution is 5.86. The number of rotatable bonds is 5. The topological polar surface area (TPSA) is 75.6 Å². The van der Waals surface area contributed by atoms with Crippen LogP contribution in [0.2, 0.25) is 0 Å².